The highest BCUT2D eigenvalue weighted by Gasteiger charge is 2.11. The van der Waals surface area contributed by atoms with Gasteiger partial charge in [0, 0.05) is 12.7 Å². The molecule has 15 heavy (non-hydrogen) atoms. The van der Waals surface area contributed by atoms with E-state index in [1.807, 2.05) is 14.0 Å². The molecule has 0 saturated heterocycles. The van der Waals surface area contributed by atoms with Crippen LogP contribution >= 0.6 is 12.2 Å². The highest BCUT2D eigenvalue weighted by atomic mass is 32.1. The third-order valence-electron chi connectivity index (χ3n) is 2.71. The second-order valence-corrected chi connectivity index (χ2v) is 4.61. The van der Waals surface area contributed by atoms with Crippen molar-refractivity contribution in [3.05, 3.63) is 28.8 Å². The molecule has 0 aromatic heterocycles. The van der Waals surface area contributed by atoms with Crippen molar-refractivity contribution in [3.63, 3.8) is 0 Å². The Bertz CT molecular complexity index is 382. The summed E-state index contributed by atoms with van der Waals surface area (Å²) in [5.41, 5.74) is 5.27. The molecule has 1 aromatic carbocycles. The summed E-state index contributed by atoms with van der Waals surface area (Å²) in [4.78, 5) is 3.01. The van der Waals surface area contributed by atoms with E-state index in [2.05, 4.69) is 37.8 Å². The summed E-state index contributed by atoms with van der Waals surface area (Å²) in [5, 5.41) is 0. The smallest absolute Gasteiger partial charge is 0.0789 e. The Kier molecular flexibility index (Phi) is 3.86. The summed E-state index contributed by atoms with van der Waals surface area (Å²) in [6, 6.07) is 4.46. The summed E-state index contributed by atoms with van der Waals surface area (Å²) in [7, 11) is 2.04. The normalized spacial score (nSPS) is 10.2. The van der Waals surface area contributed by atoms with E-state index in [-0.39, 0.29) is 0 Å². The van der Waals surface area contributed by atoms with Crippen LogP contribution in [0.1, 0.15) is 30.5 Å². The van der Waals surface area contributed by atoms with Gasteiger partial charge in [0.05, 0.1) is 4.99 Å². The van der Waals surface area contributed by atoms with Gasteiger partial charge < -0.3 is 4.90 Å². The van der Waals surface area contributed by atoms with Crippen LogP contribution in [-0.4, -0.2) is 12.0 Å². The van der Waals surface area contributed by atoms with Gasteiger partial charge in [-0.3, -0.25) is 0 Å². The second-order valence-electron chi connectivity index (χ2n) is 4.02. The van der Waals surface area contributed by atoms with E-state index in [0.717, 1.165) is 11.4 Å². The Morgan fingerprint density at radius 3 is 2.40 bits per heavy atom. The fraction of sp³-hybridized carbons (Fsp3) is 0.462. The van der Waals surface area contributed by atoms with E-state index in [0.29, 0.717) is 0 Å². The molecule has 0 bridgehead atoms. The minimum absolute atomic E-state index is 0.914. The van der Waals surface area contributed by atoms with E-state index in [9.17, 15) is 0 Å². The fourth-order valence-electron chi connectivity index (χ4n) is 1.95. The molecule has 1 aromatic rings. The molecule has 0 unspecified atom stereocenters. The van der Waals surface area contributed by atoms with Gasteiger partial charge in [-0.05, 0) is 38.3 Å². The van der Waals surface area contributed by atoms with Gasteiger partial charge >= 0.3 is 0 Å². The largest absolute Gasteiger partial charge is 0.339 e. The van der Waals surface area contributed by atoms with Crippen LogP contribution < -0.4 is 4.90 Å². The zero-order valence-electron chi connectivity index (χ0n) is 10.2. The van der Waals surface area contributed by atoms with Gasteiger partial charge in [-0.15, -0.1) is 0 Å². The molecule has 0 spiro atoms. The van der Waals surface area contributed by atoms with Crippen molar-refractivity contribution in [2.45, 2.75) is 34.1 Å². The molecule has 0 amide bonds. The third kappa shape index (κ3) is 2.57. The van der Waals surface area contributed by atoms with Gasteiger partial charge in [0.2, 0.25) is 0 Å². The van der Waals surface area contributed by atoms with E-state index in [1.54, 1.807) is 0 Å². The molecule has 0 atom stereocenters. The molecule has 0 aliphatic heterocycles. The Labute approximate surface area is 98.1 Å². The first-order chi connectivity index (χ1) is 6.97. The van der Waals surface area contributed by atoms with Crippen LogP contribution in [0.3, 0.4) is 0 Å². The predicted octanol–water partition coefficient (Wildman–Crippen LogP) is 3.65. The van der Waals surface area contributed by atoms with Crippen LogP contribution in [0.5, 0.6) is 0 Å². The number of anilines is 1. The molecule has 1 rings (SSSR count). The van der Waals surface area contributed by atoms with Crippen molar-refractivity contribution >= 4 is 22.9 Å². The summed E-state index contributed by atoms with van der Waals surface area (Å²) in [6.45, 7) is 8.44. The number of hydrogen-bond acceptors (Lipinski definition) is 1. The summed E-state index contributed by atoms with van der Waals surface area (Å²) in [6.07, 6.45) is 1.05. The maximum absolute atomic E-state index is 5.23. The number of hydrogen-bond donors (Lipinski definition) is 0. The van der Waals surface area contributed by atoms with Crippen LogP contribution in [0.4, 0.5) is 5.69 Å². The lowest BCUT2D eigenvalue weighted by molar-refractivity contribution is 1.09. The van der Waals surface area contributed by atoms with Crippen LogP contribution in [0.25, 0.3) is 0 Å². The highest BCUT2D eigenvalue weighted by molar-refractivity contribution is 7.80. The van der Waals surface area contributed by atoms with Gasteiger partial charge in [-0.2, -0.15) is 0 Å². The first kappa shape index (κ1) is 12.2. The Hall–Kier alpha value is -0.890. The van der Waals surface area contributed by atoms with Gasteiger partial charge in [-0.25, -0.2) is 0 Å². The number of aryl methyl sites for hydroxylation is 3. The Morgan fingerprint density at radius 2 is 1.93 bits per heavy atom. The fourth-order valence-corrected chi connectivity index (χ4v) is 2.05. The van der Waals surface area contributed by atoms with Crippen molar-refractivity contribution < 1.29 is 0 Å². The Balaban J connectivity index is 3.32. The minimum Gasteiger partial charge on any atom is -0.339 e. The van der Waals surface area contributed by atoms with Gasteiger partial charge in [-0.1, -0.05) is 36.8 Å². The van der Waals surface area contributed by atoms with Gasteiger partial charge in [0.1, 0.15) is 0 Å². The predicted molar refractivity (Wildman–Crippen MR) is 72.0 cm³/mol. The SMILES string of the molecule is CCc1cc(C)cc(C)c1N(C)C(C)=S. The maximum atomic E-state index is 5.23. The lowest BCUT2D eigenvalue weighted by Gasteiger charge is -2.23. The third-order valence-corrected chi connectivity index (χ3v) is 2.99. The average molecular weight is 221 g/mol. The summed E-state index contributed by atoms with van der Waals surface area (Å²) in [5.74, 6) is 0. The van der Waals surface area contributed by atoms with Crippen molar-refractivity contribution in [3.8, 4) is 0 Å². The van der Waals surface area contributed by atoms with Gasteiger partial charge in [0.25, 0.3) is 0 Å². The van der Waals surface area contributed by atoms with Crippen LogP contribution in [-0.2, 0) is 6.42 Å². The van der Waals surface area contributed by atoms with Crippen molar-refractivity contribution in [2.24, 2.45) is 0 Å². The molecule has 2 heteroatoms. The average Bonchev–Trinajstić information content (AvgIpc) is 2.15. The molecule has 0 aliphatic rings. The second kappa shape index (κ2) is 4.75. The van der Waals surface area contributed by atoms with Crippen molar-refractivity contribution in [2.75, 3.05) is 11.9 Å². The molecule has 1 nitrogen and oxygen atoms in total. The highest BCUT2D eigenvalue weighted by Crippen LogP contribution is 2.26. The zero-order chi connectivity index (χ0) is 11.6. The van der Waals surface area contributed by atoms with Crippen molar-refractivity contribution in [1.29, 1.82) is 0 Å². The lowest BCUT2D eigenvalue weighted by Crippen LogP contribution is -2.23. The number of thiocarbonyl (C=S) groups is 1. The van der Waals surface area contributed by atoms with Crippen LogP contribution in [0, 0.1) is 13.8 Å². The quantitative estimate of drug-likeness (QED) is 0.701. The first-order valence-corrected chi connectivity index (χ1v) is 5.72. The molecular formula is C13H19NS. The van der Waals surface area contributed by atoms with Crippen LogP contribution in [0.15, 0.2) is 12.1 Å². The van der Waals surface area contributed by atoms with Crippen molar-refractivity contribution in [1.82, 2.24) is 0 Å². The topological polar surface area (TPSA) is 3.24 Å². The summed E-state index contributed by atoms with van der Waals surface area (Å²) >= 11 is 5.23. The summed E-state index contributed by atoms with van der Waals surface area (Å²) < 4.78 is 0. The molecule has 0 aliphatic carbocycles. The number of benzene rings is 1. The standard InChI is InChI=1S/C13H19NS/c1-6-12-8-9(2)7-10(3)13(12)14(5)11(4)15/h7-8H,6H2,1-5H3. The van der Waals surface area contributed by atoms with E-state index in [1.165, 1.54) is 22.4 Å². The number of nitrogens with zero attached hydrogens (tertiary/aromatic N) is 1. The molecular weight excluding hydrogens is 202 g/mol. The maximum Gasteiger partial charge on any atom is 0.0789 e. The number of rotatable bonds is 2. The minimum atomic E-state index is 0.914. The molecule has 0 N–H and O–H groups in total. The lowest BCUT2D eigenvalue weighted by atomic mass is 10.0. The Morgan fingerprint density at radius 1 is 1.33 bits per heavy atom. The molecule has 0 fully saturated rings. The van der Waals surface area contributed by atoms with E-state index >= 15 is 0 Å². The van der Waals surface area contributed by atoms with E-state index in [4.69, 9.17) is 12.2 Å². The molecule has 0 saturated carbocycles. The molecule has 0 heterocycles. The zero-order valence-corrected chi connectivity index (χ0v) is 11.0. The van der Waals surface area contributed by atoms with Gasteiger partial charge in [0.15, 0.2) is 0 Å². The van der Waals surface area contributed by atoms with Crippen LogP contribution in [0.2, 0.25) is 0 Å². The molecule has 0 radical (unpaired) electrons. The first-order valence-electron chi connectivity index (χ1n) is 5.31. The monoisotopic (exact) mass is 221 g/mol. The molecule has 82 valence electrons. The van der Waals surface area contributed by atoms with E-state index < -0.39 is 0 Å².